The Bertz CT molecular complexity index is 1100. The Morgan fingerprint density at radius 2 is 1.60 bits per heavy atom. The first kappa shape index (κ1) is 27.1. The largest absolute Gasteiger partial charge is 0.354 e. The molecule has 0 aliphatic rings. The van der Waals surface area contributed by atoms with Gasteiger partial charge in [-0.25, -0.2) is 0 Å². The average Bonchev–Trinajstić information content (AvgIpc) is 2.88. The third-order valence-corrected chi connectivity index (χ3v) is 7.28. The molecule has 7 heteroatoms. The molecule has 0 aromatic heterocycles. The number of carbonyl (C=O) groups excluding carboxylic acids is 2. The van der Waals surface area contributed by atoms with Gasteiger partial charge < -0.3 is 10.2 Å². The van der Waals surface area contributed by atoms with Crippen LogP contribution in [0.3, 0.4) is 0 Å². The number of benzene rings is 3. The minimum atomic E-state index is -0.660. The number of carbonyl (C=O) groups is 2. The predicted molar refractivity (Wildman–Crippen MR) is 146 cm³/mol. The van der Waals surface area contributed by atoms with E-state index in [1.165, 1.54) is 11.8 Å². The average molecular weight is 530 g/mol. The van der Waals surface area contributed by atoms with E-state index < -0.39 is 6.04 Å². The molecule has 1 atom stereocenters. The number of nitrogens with zero attached hydrogens (tertiary/aromatic N) is 1. The van der Waals surface area contributed by atoms with Crippen LogP contribution in [0.5, 0.6) is 0 Å². The highest BCUT2D eigenvalue weighted by molar-refractivity contribution is 8.00. The molecule has 3 aromatic rings. The fourth-order valence-corrected chi connectivity index (χ4v) is 4.77. The van der Waals surface area contributed by atoms with Gasteiger partial charge in [-0.2, -0.15) is 0 Å². The van der Waals surface area contributed by atoms with Crippen LogP contribution in [0.15, 0.2) is 83.8 Å². The first-order valence-electron chi connectivity index (χ1n) is 11.7. The van der Waals surface area contributed by atoms with Crippen molar-refractivity contribution < 1.29 is 9.59 Å². The monoisotopic (exact) mass is 528 g/mol. The Kier molecular flexibility index (Phi) is 11.0. The van der Waals surface area contributed by atoms with E-state index in [-0.39, 0.29) is 24.1 Å². The van der Waals surface area contributed by atoms with E-state index >= 15 is 0 Å². The number of amides is 2. The highest BCUT2D eigenvalue weighted by atomic mass is 35.5. The van der Waals surface area contributed by atoms with Gasteiger partial charge in [-0.3, -0.25) is 9.59 Å². The van der Waals surface area contributed by atoms with E-state index in [1.54, 1.807) is 17.0 Å². The van der Waals surface area contributed by atoms with Crippen molar-refractivity contribution in [3.8, 4) is 0 Å². The fourth-order valence-electron chi connectivity index (χ4n) is 3.64. The number of unbranched alkanes of at least 4 members (excludes halogenated alkanes) is 1. The van der Waals surface area contributed by atoms with E-state index in [0.717, 1.165) is 28.9 Å². The molecular formula is C28H30Cl2N2O2S. The standard InChI is InChI=1S/C28H30Cl2N2O2S/c1-2-3-16-31-28(34)26(18-21-10-6-4-7-11-21)32(19-22-14-15-24(29)25(30)17-22)27(33)20-35-23-12-8-5-9-13-23/h4-15,17,26H,2-3,16,18-20H2,1H3,(H,31,34)/t26-/m0/s1. The summed E-state index contributed by atoms with van der Waals surface area (Å²) in [6, 6.07) is 24.2. The van der Waals surface area contributed by atoms with Gasteiger partial charge >= 0.3 is 0 Å². The van der Waals surface area contributed by atoms with Gasteiger partial charge in [0.15, 0.2) is 0 Å². The van der Waals surface area contributed by atoms with Crippen molar-refractivity contribution in [1.29, 1.82) is 0 Å². The topological polar surface area (TPSA) is 49.4 Å². The minimum Gasteiger partial charge on any atom is -0.354 e. The van der Waals surface area contributed by atoms with Crippen LogP contribution >= 0.6 is 35.0 Å². The molecule has 0 radical (unpaired) electrons. The lowest BCUT2D eigenvalue weighted by molar-refractivity contribution is -0.139. The van der Waals surface area contributed by atoms with Crippen LogP contribution in [0.25, 0.3) is 0 Å². The highest BCUT2D eigenvalue weighted by Crippen LogP contribution is 2.25. The van der Waals surface area contributed by atoms with Crippen LogP contribution in [-0.4, -0.2) is 35.1 Å². The summed E-state index contributed by atoms with van der Waals surface area (Å²) in [6.45, 7) is 2.91. The summed E-state index contributed by atoms with van der Waals surface area (Å²) in [5, 5.41) is 3.90. The summed E-state index contributed by atoms with van der Waals surface area (Å²) < 4.78 is 0. The molecule has 0 bridgehead atoms. The maximum absolute atomic E-state index is 13.6. The van der Waals surface area contributed by atoms with Gasteiger partial charge in [0.2, 0.25) is 11.8 Å². The molecule has 0 aliphatic carbocycles. The molecule has 0 spiro atoms. The number of rotatable bonds is 12. The van der Waals surface area contributed by atoms with Gasteiger partial charge in [-0.1, -0.05) is 91.1 Å². The second kappa shape index (κ2) is 14.2. The Morgan fingerprint density at radius 3 is 2.26 bits per heavy atom. The number of hydrogen-bond acceptors (Lipinski definition) is 3. The summed E-state index contributed by atoms with van der Waals surface area (Å²) >= 11 is 13.8. The van der Waals surface area contributed by atoms with Crippen molar-refractivity contribution in [2.24, 2.45) is 0 Å². The quantitative estimate of drug-likeness (QED) is 0.211. The summed E-state index contributed by atoms with van der Waals surface area (Å²) in [6.07, 6.45) is 2.28. The zero-order valence-electron chi connectivity index (χ0n) is 19.8. The Labute approximate surface area is 222 Å². The molecule has 0 aliphatic heterocycles. The zero-order chi connectivity index (χ0) is 25.0. The summed E-state index contributed by atoms with van der Waals surface area (Å²) in [5.74, 6) is -0.0456. The van der Waals surface area contributed by atoms with Gasteiger partial charge in [0.1, 0.15) is 6.04 Å². The van der Waals surface area contributed by atoms with Crippen LogP contribution in [0.2, 0.25) is 10.0 Å². The lowest BCUT2D eigenvalue weighted by atomic mass is 10.0. The van der Waals surface area contributed by atoms with Crippen molar-refractivity contribution >= 4 is 46.8 Å². The van der Waals surface area contributed by atoms with Crippen LogP contribution in [0.1, 0.15) is 30.9 Å². The number of nitrogens with one attached hydrogen (secondary N) is 1. The lowest BCUT2D eigenvalue weighted by Crippen LogP contribution is -2.51. The molecule has 0 heterocycles. The van der Waals surface area contributed by atoms with Gasteiger partial charge in [0.25, 0.3) is 0 Å². The second-order valence-corrected chi connectivity index (χ2v) is 10.1. The Hall–Kier alpha value is -2.47. The van der Waals surface area contributed by atoms with Gasteiger partial charge in [0, 0.05) is 24.4 Å². The second-order valence-electron chi connectivity index (χ2n) is 8.22. The molecule has 0 saturated carbocycles. The SMILES string of the molecule is CCCCNC(=O)[C@H](Cc1ccccc1)N(Cc1ccc(Cl)c(Cl)c1)C(=O)CSc1ccccc1. The smallest absolute Gasteiger partial charge is 0.243 e. The first-order chi connectivity index (χ1) is 17.0. The van der Waals surface area contributed by atoms with Gasteiger partial charge in [-0.05, 0) is 41.8 Å². The van der Waals surface area contributed by atoms with Crippen molar-refractivity contribution in [3.05, 3.63) is 100 Å². The van der Waals surface area contributed by atoms with Crippen molar-refractivity contribution in [3.63, 3.8) is 0 Å². The molecule has 4 nitrogen and oxygen atoms in total. The third-order valence-electron chi connectivity index (χ3n) is 5.54. The summed E-state index contributed by atoms with van der Waals surface area (Å²) in [5.41, 5.74) is 1.81. The third kappa shape index (κ3) is 8.60. The Balaban J connectivity index is 1.90. The molecule has 35 heavy (non-hydrogen) atoms. The minimum absolute atomic E-state index is 0.114. The normalized spacial score (nSPS) is 11.6. The number of halogens is 2. The summed E-state index contributed by atoms with van der Waals surface area (Å²) in [7, 11) is 0. The summed E-state index contributed by atoms with van der Waals surface area (Å²) in [4.78, 5) is 29.7. The van der Waals surface area contributed by atoms with Crippen molar-refractivity contribution in [1.82, 2.24) is 10.2 Å². The maximum Gasteiger partial charge on any atom is 0.243 e. The van der Waals surface area contributed by atoms with E-state index in [2.05, 4.69) is 12.2 Å². The predicted octanol–water partition coefficient (Wildman–Crippen LogP) is 6.64. The van der Waals surface area contributed by atoms with E-state index in [0.29, 0.717) is 23.0 Å². The highest BCUT2D eigenvalue weighted by Gasteiger charge is 2.30. The Morgan fingerprint density at radius 1 is 0.914 bits per heavy atom. The van der Waals surface area contributed by atoms with Gasteiger partial charge in [0.05, 0.1) is 15.8 Å². The van der Waals surface area contributed by atoms with Gasteiger partial charge in [-0.15, -0.1) is 11.8 Å². The van der Waals surface area contributed by atoms with E-state index in [1.807, 2.05) is 66.7 Å². The first-order valence-corrected chi connectivity index (χ1v) is 13.4. The number of thioether (sulfide) groups is 1. The van der Waals surface area contributed by atoms with E-state index in [9.17, 15) is 9.59 Å². The maximum atomic E-state index is 13.6. The van der Waals surface area contributed by atoms with Crippen molar-refractivity contribution in [2.75, 3.05) is 12.3 Å². The van der Waals surface area contributed by atoms with Crippen LogP contribution < -0.4 is 5.32 Å². The number of hydrogen-bond donors (Lipinski definition) is 1. The van der Waals surface area contributed by atoms with Crippen LogP contribution in [-0.2, 0) is 22.6 Å². The lowest BCUT2D eigenvalue weighted by Gasteiger charge is -2.31. The molecule has 1 N–H and O–H groups in total. The molecule has 3 rings (SSSR count). The molecule has 3 aromatic carbocycles. The molecule has 2 amide bonds. The molecular weight excluding hydrogens is 499 g/mol. The van der Waals surface area contributed by atoms with E-state index in [4.69, 9.17) is 23.2 Å². The molecule has 0 unspecified atom stereocenters. The van der Waals surface area contributed by atoms with Crippen molar-refractivity contribution in [2.45, 2.75) is 43.7 Å². The van der Waals surface area contributed by atoms with Crippen LogP contribution in [0.4, 0.5) is 0 Å². The fraction of sp³-hybridized carbons (Fsp3) is 0.286. The zero-order valence-corrected chi connectivity index (χ0v) is 22.1. The van der Waals surface area contributed by atoms with Crippen LogP contribution in [0, 0.1) is 0 Å². The molecule has 0 saturated heterocycles. The molecule has 0 fully saturated rings. The molecule has 184 valence electrons.